The summed E-state index contributed by atoms with van der Waals surface area (Å²) in [5, 5.41) is 28.8. The Balaban J connectivity index is 2.01. The van der Waals surface area contributed by atoms with E-state index in [1.165, 1.54) is 18.2 Å². The van der Waals surface area contributed by atoms with Crippen LogP contribution in [0.15, 0.2) is 30.3 Å². The predicted octanol–water partition coefficient (Wildman–Crippen LogP) is 3.16. The molecule has 1 aliphatic rings. The van der Waals surface area contributed by atoms with Crippen LogP contribution in [-0.4, -0.2) is 21.1 Å². The van der Waals surface area contributed by atoms with Crippen molar-refractivity contribution in [2.45, 2.75) is 12.5 Å². The fourth-order valence-corrected chi connectivity index (χ4v) is 2.52. The van der Waals surface area contributed by atoms with Gasteiger partial charge in [-0.05, 0) is 17.7 Å². The van der Waals surface area contributed by atoms with Crippen LogP contribution >= 0.6 is 11.6 Å². The highest BCUT2D eigenvalue weighted by molar-refractivity contribution is 6.32. The van der Waals surface area contributed by atoms with Gasteiger partial charge in [-0.3, -0.25) is 4.79 Å². The van der Waals surface area contributed by atoms with Gasteiger partial charge in [-0.25, -0.2) is 0 Å². The second-order valence-electron chi connectivity index (χ2n) is 4.78. The van der Waals surface area contributed by atoms with Crippen LogP contribution in [-0.2, 0) is 0 Å². The van der Waals surface area contributed by atoms with Crippen LogP contribution in [0.5, 0.6) is 23.0 Å². The van der Waals surface area contributed by atoms with E-state index in [1.807, 2.05) is 0 Å². The molecule has 0 saturated heterocycles. The van der Waals surface area contributed by atoms with Gasteiger partial charge in [0.2, 0.25) is 0 Å². The molecular weight excluding hydrogens is 296 g/mol. The maximum Gasteiger partial charge on any atom is 0.174 e. The first kappa shape index (κ1) is 13.6. The van der Waals surface area contributed by atoms with Gasteiger partial charge in [0.15, 0.2) is 5.78 Å². The van der Waals surface area contributed by atoms with Crippen LogP contribution in [0, 0.1) is 0 Å². The lowest BCUT2D eigenvalue weighted by atomic mass is 9.95. The molecule has 2 aromatic carbocycles. The molecule has 0 radical (unpaired) electrons. The highest BCUT2D eigenvalue weighted by Crippen LogP contribution is 2.42. The molecule has 1 aliphatic heterocycles. The third kappa shape index (κ3) is 2.36. The van der Waals surface area contributed by atoms with Crippen molar-refractivity contribution in [3.8, 4) is 23.0 Å². The normalized spacial score (nSPS) is 17.2. The van der Waals surface area contributed by atoms with Crippen molar-refractivity contribution in [3.05, 3.63) is 46.5 Å². The zero-order valence-corrected chi connectivity index (χ0v) is 11.5. The van der Waals surface area contributed by atoms with Gasteiger partial charge in [-0.15, -0.1) is 0 Å². The van der Waals surface area contributed by atoms with E-state index in [0.29, 0.717) is 5.56 Å². The molecule has 6 heteroatoms. The van der Waals surface area contributed by atoms with Crippen LogP contribution in [0.3, 0.4) is 0 Å². The van der Waals surface area contributed by atoms with Gasteiger partial charge < -0.3 is 20.1 Å². The molecule has 0 aliphatic carbocycles. The fraction of sp³-hybridized carbons (Fsp3) is 0.133. The zero-order chi connectivity index (χ0) is 15.1. The molecule has 108 valence electrons. The number of ether oxygens (including phenoxy) is 1. The van der Waals surface area contributed by atoms with E-state index < -0.39 is 6.10 Å². The molecule has 0 bridgehead atoms. The van der Waals surface area contributed by atoms with Crippen molar-refractivity contribution in [1.82, 2.24) is 0 Å². The SMILES string of the molecule is O=C1CC(c2ccc(O)c(Cl)c2)Oc2cc(O)cc(O)c21. The van der Waals surface area contributed by atoms with Crippen molar-refractivity contribution in [2.75, 3.05) is 0 Å². The summed E-state index contributed by atoms with van der Waals surface area (Å²) in [6.45, 7) is 0. The first-order valence-corrected chi connectivity index (χ1v) is 6.57. The van der Waals surface area contributed by atoms with E-state index in [1.54, 1.807) is 6.07 Å². The van der Waals surface area contributed by atoms with E-state index in [-0.39, 0.29) is 45.8 Å². The molecule has 1 heterocycles. The summed E-state index contributed by atoms with van der Waals surface area (Å²) in [5.74, 6) is -0.722. The average Bonchev–Trinajstić information content (AvgIpc) is 2.40. The summed E-state index contributed by atoms with van der Waals surface area (Å²) < 4.78 is 5.66. The number of halogens is 1. The van der Waals surface area contributed by atoms with Crippen molar-refractivity contribution >= 4 is 17.4 Å². The second kappa shape index (κ2) is 4.86. The van der Waals surface area contributed by atoms with Gasteiger partial charge >= 0.3 is 0 Å². The lowest BCUT2D eigenvalue weighted by Gasteiger charge is -2.26. The average molecular weight is 307 g/mol. The Hall–Kier alpha value is -2.40. The molecule has 0 saturated carbocycles. The number of aromatic hydroxyl groups is 3. The highest BCUT2D eigenvalue weighted by atomic mass is 35.5. The smallest absolute Gasteiger partial charge is 0.174 e. The number of rotatable bonds is 1. The maximum atomic E-state index is 12.1. The summed E-state index contributed by atoms with van der Waals surface area (Å²) in [4.78, 5) is 12.1. The number of carbonyl (C=O) groups is 1. The standard InChI is InChI=1S/C15H11ClO5/c16-9-3-7(1-2-10(9)18)13-6-12(20)15-11(19)4-8(17)5-14(15)21-13/h1-5,13,17-19H,6H2. The van der Waals surface area contributed by atoms with E-state index in [9.17, 15) is 20.1 Å². The van der Waals surface area contributed by atoms with Crippen molar-refractivity contribution < 1.29 is 24.9 Å². The Bertz CT molecular complexity index is 741. The Kier molecular flexibility index (Phi) is 3.14. The topological polar surface area (TPSA) is 87.0 Å². The lowest BCUT2D eigenvalue weighted by molar-refractivity contribution is 0.0845. The molecule has 0 aromatic heterocycles. The molecule has 21 heavy (non-hydrogen) atoms. The maximum absolute atomic E-state index is 12.1. The number of ketones is 1. The molecule has 3 N–H and O–H groups in total. The summed E-state index contributed by atoms with van der Waals surface area (Å²) in [5.41, 5.74) is 0.688. The molecule has 5 nitrogen and oxygen atoms in total. The summed E-state index contributed by atoms with van der Waals surface area (Å²) in [7, 11) is 0. The molecular formula is C15H11ClO5. The van der Waals surface area contributed by atoms with Gasteiger partial charge in [0.05, 0.1) is 11.4 Å². The number of carbonyl (C=O) groups excluding carboxylic acids is 1. The third-order valence-corrected chi connectivity index (χ3v) is 3.63. The summed E-state index contributed by atoms with van der Waals surface area (Å²) in [6, 6.07) is 6.91. The van der Waals surface area contributed by atoms with Crippen LogP contribution in [0.4, 0.5) is 0 Å². The first-order valence-electron chi connectivity index (χ1n) is 6.20. The van der Waals surface area contributed by atoms with Crippen LogP contribution in [0.1, 0.15) is 28.4 Å². The summed E-state index contributed by atoms with van der Waals surface area (Å²) >= 11 is 5.85. The van der Waals surface area contributed by atoms with E-state index in [4.69, 9.17) is 16.3 Å². The van der Waals surface area contributed by atoms with Crippen LogP contribution in [0.2, 0.25) is 5.02 Å². The third-order valence-electron chi connectivity index (χ3n) is 3.33. The Labute approximate surface area is 125 Å². The first-order chi connectivity index (χ1) is 9.95. The number of phenols is 3. The number of hydrogen-bond donors (Lipinski definition) is 3. The highest BCUT2D eigenvalue weighted by Gasteiger charge is 2.31. The van der Waals surface area contributed by atoms with E-state index >= 15 is 0 Å². The van der Waals surface area contributed by atoms with Gasteiger partial charge in [-0.1, -0.05) is 17.7 Å². The Morgan fingerprint density at radius 1 is 1.10 bits per heavy atom. The zero-order valence-electron chi connectivity index (χ0n) is 10.7. The molecule has 3 rings (SSSR count). The van der Waals surface area contributed by atoms with E-state index in [0.717, 1.165) is 6.07 Å². The van der Waals surface area contributed by atoms with Crippen molar-refractivity contribution in [1.29, 1.82) is 0 Å². The van der Waals surface area contributed by atoms with Gasteiger partial charge in [-0.2, -0.15) is 0 Å². The fourth-order valence-electron chi connectivity index (χ4n) is 2.33. The molecule has 1 atom stereocenters. The predicted molar refractivity (Wildman–Crippen MR) is 75.2 cm³/mol. The molecule has 1 unspecified atom stereocenters. The number of Topliss-reactive ketones (excluding diaryl/α,β-unsaturated/α-hetero) is 1. The minimum atomic E-state index is -0.593. The number of benzene rings is 2. The second-order valence-corrected chi connectivity index (χ2v) is 5.19. The minimum Gasteiger partial charge on any atom is -0.508 e. The minimum absolute atomic E-state index is 0.0342. The van der Waals surface area contributed by atoms with Crippen LogP contribution < -0.4 is 4.74 Å². The molecule has 0 amide bonds. The molecule has 0 fully saturated rings. The van der Waals surface area contributed by atoms with Crippen LogP contribution in [0.25, 0.3) is 0 Å². The van der Waals surface area contributed by atoms with Crippen molar-refractivity contribution in [2.24, 2.45) is 0 Å². The van der Waals surface area contributed by atoms with Crippen molar-refractivity contribution in [3.63, 3.8) is 0 Å². The van der Waals surface area contributed by atoms with E-state index in [2.05, 4.69) is 0 Å². The number of fused-ring (bicyclic) bond motifs is 1. The van der Waals surface area contributed by atoms with Gasteiger partial charge in [0, 0.05) is 12.1 Å². The number of phenolic OH excluding ortho intramolecular Hbond substituents is 3. The van der Waals surface area contributed by atoms with Gasteiger partial charge in [0.1, 0.15) is 34.7 Å². The Morgan fingerprint density at radius 3 is 2.57 bits per heavy atom. The monoisotopic (exact) mass is 306 g/mol. The number of hydrogen-bond acceptors (Lipinski definition) is 5. The Morgan fingerprint density at radius 2 is 1.86 bits per heavy atom. The van der Waals surface area contributed by atoms with Gasteiger partial charge in [0.25, 0.3) is 0 Å². The molecule has 2 aromatic rings. The largest absolute Gasteiger partial charge is 0.508 e. The quantitative estimate of drug-likeness (QED) is 0.753. The lowest BCUT2D eigenvalue weighted by Crippen LogP contribution is -2.20. The molecule has 0 spiro atoms. The summed E-state index contributed by atoms with van der Waals surface area (Å²) in [6.07, 6.45) is -0.559.